The van der Waals surface area contributed by atoms with Gasteiger partial charge in [0, 0.05) is 25.7 Å². The lowest BCUT2D eigenvalue weighted by Crippen LogP contribution is -2.44. The maximum absolute atomic E-state index is 12.7. The third-order valence-electron chi connectivity index (χ3n) is 4.75. The summed E-state index contributed by atoms with van der Waals surface area (Å²) in [4.78, 5) is 2.32. The summed E-state index contributed by atoms with van der Waals surface area (Å²) in [7, 11) is -3.74. The van der Waals surface area contributed by atoms with Crippen molar-refractivity contribution in [3.05, 3.63) is 63.6 Å². The molecule has 0 amide bonds. The first-order valence-corrected chi connectivity index (χ1v) is 10.8. The lowest BCUT2D eigenvalue weighted by atomic mass is 10.0. The van der Waals surface area contributed by atoms with Gasteiger partial charge >= 0.3 is 0 Å². The third kappa shape index (κ3) is 4.59. The van der Waals surface area contributed by atoms with E-state index < -0.39 is 10.0 Å². The number of nitrogens with zero attached hydrogens (tertiary/aromatic N) is 1. The average molecular weight is 413 g/mol. The average Bonchev–Trinajstić information content (AvgIpc) is 2.58. The van der Waals surface area contributed by atoms with Gasteiger partial charge in [-0.1, -0.05) is 53.5 Å². The fraction of sp³-hybridized carbons (Fsp3) is 0.368. The van der Waals surface area contributed by atoms with Crippen LogP contribution >= 0.6 is 23.2 Å². The van der Waals surface area contributed by atoms with E-state index in [9.17, 15) is 8.42 Å². The Hall–Kier alpha value is -1.11. The van der Waals surface area contributed by atoms with Crippen LogP contribution in [0.15, 0.2) is 47.4 Å². The van der Waals surface area contributed by atoms with Gasteiger partial charge in [0.05, 0.1) is 10.0 Å². The highest BCUT2D eigenvalue weighted by atomic mass is 35.5. The molecule has 0 spiro atoms. The second kappa shape index (κ2) is 8.28. The molecule has 0 bridgehead atoms. The van der Waals surface area contributed by atoms with Gasteiger partial charge in [0.1, 0.15) is 4.90 Å². The quantitative estimate of drug-likeness (QED) is 0.798. The van der Waals surface area contributed by atoms with Crippen molar-refractivity contribution in [1.29, 1.82) is 0 Å². The number of piperidine rings is 1. The summed E-state index contributed by atoms with van der Waals surface area (Å²) in [5, 5.41) is 0.281. The van der Waals surface area contributed by atoms with Crippen LogP contribution < -0.4 is 4.72 Å². The molecular weight excluding hydrogens is 391 g/mol. The SMILES string of the molecule is Cc1ccccc1CN1CCC(NS(=O)(=O)c2c(Cl)cccc2Cl)CC1. The van der Waals surface area contributed by atoms with E-state index in [0.29, 0.717) is 0 Å². The minimum atomic E-state index is -3.74. The van der Waals surface area contributed by atoms with E-state index in [1.165, 1.54) is 23.3 Å². The van der Waals surface area contributed by atoms with Crippen LogP contribution in [0.2, 0.25) is 10.0 Å². The molecule has 1 N–H and O–H groups in total. The highest BCUT2D eigenvalue weighted by Crippen LogP contribution is 2.29. The zero-order chi connectivity index (χ0) is 18.7. The van der Waals surface area contributed by atoms with E-state index in [4.69, 9.17) is 23.2 Å². The number of likely N-dealkylation sites (tertiary alicyclic amines) is 1. The second-order valence-electron chi connectivity index (χ2n) is 6.65. The van der Waals surface area contributed by atoms with Crippen molar-refractivity contribution < 1.29 is 8.42 Å². The van der Waals surface area contributed by atoms with Crippen molar-refractivity contribution in [3.63, 3.8) is 0 Å². The predicted molar refractivity (Wildman–Crippen MR) is 106 cm³/mol. The molecule has 0 saturated carbocycles. The summed E-state index contributed by atoms with van der Waals surface area (Å²) in [5.41, 5.74) is 2.60. The summed E-state index contributed by atoms with van der Waals surface area (Å²) >= 11 is 12.1. The van der Waals surface area contributed by atoms with Crippen molar-refractivity contribution in [2.45, 2.75) is 37.2 Å². The second-order valence-corrected chi connectivity index (χ2v) is 9.11. The molecule has 7 heteroatoms. The molecule has 2 aromatic rings. The first-order valence-electron chi connectivity index (χ1n) is 8.60. The summed E-state index contributed by atoms with van der Waals surface area (Å²) in [6.45, 7) is 4.70. The van der Waals surface area contributed by atoms with Gasteiger partial charge in [-0.3, -0.25) is 4.90 Å². The number of rotatable bonds is 5. The molecule has 0 aromatic heterocycles. The summed E-state index contributed by atoms with van der Waals surface area (Å²) < 4.78 is 28.1. The molecule has 0 unspecified atom stereocenters. The van der Waals surface area contributed by atoms with Gasteiger partial charge in [0.15, 0.2) is 0 Å². The first-order chi connectivity index (χ1) is 12.4. The monoisotopic (exact) mass is 412 g/mol. The van der Waals surface area contributed by atoms with Gasteiger partial charge in [-0.05, 0) is 43.0 Å². The van der Waals surface area contributed by atoms with E-state index in [0.717, 1.165) is 32.5 Å². The molecule has 1 fully saturated rings. The Labute approximate surface area is 165 Å². The topological polar surface area (TPSA) is 49.4 Å². The van der Waals surface area contributed by atoms with Gasteiger partial charge in [-0.25, -0.2) is 13.1 Å². The number of benzene rings is 2. The minimum absolute atomic E-state index is 0.0364. The number of aryl methyl sites for hydroxylation is 1. The van der Waals surface area contributed by atoms with Crippen LogP contribution in [-0.2, 0) is 16.6 Å². The standard InChI is InChI=1S/C19H22Cl2N2O2S/c1-14-5-2-3-6-15(14)13-23-11-9-16(10-12-23)22-26(24,25)19-17(20)7-4-8-18(19)21/h2-8,16,22H,9-13H2,1H3. The Morgan fingerprint density at radius 3 is 2.27 bits per heavy atom. The highest BCUT2D eigenvalue weighted by Gasteiger charge is 2.27. The zero-order valence-corrected chi connectivity index (χ0v) is 16.9. The molecule has 0 aliphatic carbocycles. The van der Waals surface area contributed by atoms with E-state index in [-0.39, 0.29) is 21.0 Å². The van der Waals surface area contributed by atoms with Crippen molar-refractivity contribution in [2.24, 2.45) is 0 Å². The lowest BCUT2D eigenvalue weighted by molar-refractivity contribution is 0.199. The third-order valence-corrected chi connectivity index (χ3v) is 7.23. The van der Waals surface area contributed by atoms with E-state index >= 15 is 0 Å². The van der Waals surface area contributed by atoms with Gasteiger partial charge in [0.25, 0.3) is 0 Å². The van der Waals surface area contributed by atoms with Crippen LogP contribution in [0.4, 0.5) is 0 Å². The predicted octanol–water partition coefficient (Wildman–Crippen LogP) is 4.24. The maximum atomic E-state index is 12.7. The van der Waals surface area contributed by atoms with Crippen LogP contribution in [0.3, 0.4) is 0 Å². The first kappa shape index (κ1) is 19.6. The Bertz CT molecular complexity index is 859. The normalized spacial score (nSPS) is 16.7. The Morgan fingerprint density at radius 2 is 1.65 bits per heavy atom. The van der Waals surface area contributed by atoms with Crippen LogP contribution in [0.1, 0.15) is 24.0 Å². The molecule has 0 atom stereocenters. The molecule has 26 heavy (non-hydrogen) atoms. The fourth-order valence-corrected chi connectivity index (χ4v) is 5.70. The summed E-state index contributed by atoms with van der Waals surface area (Å²) in [6.07, 6.45) is 1.51. The van der Waals surface area contributed by atoms with Gasteiger partial charge in [-0.15, -0.1) is 0 Å². The maximum Gasteiger partial charge on any atom is 0.243 e. The molecule has 1 aliphatic heterocycles. The molecule has 3 rings (SSSR count). The van der Waals surface area contributed by atoms with Gasteiger partial charge in [0.2, 0.25) is 10.0 Å². The molecule has 0 radical (unpaired) electrons. The Kier molecular flexibility index (Phi) is 6.25. The van der Waals surface area contributed by atoms with E-state index in [1.54, 1.807) is 6.07 Å². The van der Waals surface area contributed by atoms with E-state index in [2.05, 4.69) is 34.7 Å². The molecule has 140 valence electrons. The Morgan fingerprint density at radius 1 is 1.04 bits per heavy atom. The molecule has 1 heterocycles. The van der Waals surface area contributed by atoms with Gasteiger partial charge in [-0.2, -0.15) is 0 Å². The van der Waals surface area contributed by atoms with Crippen LogP contribution in [-0.4, -0.2) is 32.4 Å². The number of halogens is 2. The highest BCUT2D eigenvalue weighted by molar-refractivity contribution is 7.89. The van der Waals surface area contributed by atoms with Crippen molar-refractivity contribution >= 4 is 33.2 Å². The van der Waals surface area contributed by atoms with E-state index in [1.807, 2.05) is 6.07 Å². The Balaban J connectivity index is 1.61. The van der Waals surface area contributed by atoms with Crippen molar-refractivity contribution in [2.75, 3.05) is 13.1 Å². The largest absolute Gasteiger partial charge is 0.299 e. The molecule has 2 aromatic carbocycles. The molecular formula is C19H22Cl2N2O2S. The molecule has 1 saturated heterocycles. The lowest BCUT2D eigenvalue weighted by Gasteiger charge is -2.32. The minimum Gasteiger partial charge on any atom is -0.299 e. The number of hydrogen-bond donors (Lipinski definition) is 1. The van der Waals surface area contributed by atoms with Crippen LogP contribution in [0.25, 0.3) is 0 Å². The summed E-state index contributed by atoms with van der Waals surface area (Å²) in [6, 6.07) is 12.9. The summed E-state index contributed by atoms with van der Waals surface area (Å²) in [5.74, 6) is 0. The van der Waals surface area contributed by atoms with Crippen LogP contribution in [0, 0.1) is 6.92 Å². The smallest absolute Gasteiger partial charge is 0.243 e. The molecule has 4 nitrogen and oxygen atoms in total. The fourth-order valence-electron chi connectivity index (χ4n) is 3.25. The van der Waals surface area contributed by atoms with Crippen LogP contribution in [0.5, 0.6) is 0 Å². The number of nitrogens with one attached hydrogen (secondary N) is 1. The van der Waals surface area contributed by atoms with Crippen molar-refractivity contribution in [1.82, 2.24) is 9.62 Å². The zero-order valence-electron chi connectivity index (χ0n) is 14.6. The molecule has 1 aliphatic rings. The van der Waals surface area contributed by atoms with Gasteiger partial charge < -0.3 is 0 Å². The van der Waals surface area contributed by atoms with Crippen molar-refractivity contribution in [3.8, 4) is 0 Å². The number of sulfonamides is 1. The number of hydrogen-bond acceptors (Lipinski definition) is 3.